The molecular formula is C20H23N3O3S. The van der Waals surface area contributed by atoms with Gasteiger partial charge in [0.15, 0.2) is 0 Å². The summed E-state index contributed by atoms with van der Waals surface area (Å²) in [7, 11) is 0. The van der Waals surface area contributed by atoms with E-state index in [1.54, 1.807) is 0 Å². The number of fused-ring (bicyclic) bond motifs is 1. The Balaban J connectivity index is 1.34. The van der Waals surface area contributed by atoms with Crippen molar-refractivity contribution in [3.8, 4) is 0 Å². The molecule has 1 saturated heterocycles. The van der Waals surface area contributed by atoms with Crippen LogP contribution in [0.15, 0.2) is 35.7 Å². The molecule has 2 atom stereocenters. The quantitative estimate of drug-likeness (QED) is 0.799. The number of likely N-dealkylation sites (tertiary alicyclic amines) is 1. The zero-order valence-electron chi connectivity index (χ0n) is 15.1. The number of thiazole rings is 1. The number of nitrogens with zero attached hydrogens (tertiary/aromatic N) is 2. The van der Waals surface area contributed by atoms with Gasteiger partial charge in [0.25, 0.3) is 0 Å². The molecule has 2 N–H and O–H groups in total. The van der Waals surface area contributed by atoms with Crippen LogP contribution in [0.3, 0.4) is 0 Å². The van der Waals surface area contributed by atoms with Gasteiger partial charge in [-0.1, -0.05) is 24.6 Å². The predicted molar refractivity (Wildman–Crippen MR) is 104 cm³/mol. The number of hydrogen-bond acceptors (Lipinski definition) is 5. The molecule has 2 fully saturated rings. The molecular weight excluding hydrogens is 362 g/mol. The number of carbonyl (C=O) groups is 2. The van der Waals surface area contributed by atoms with E-state index in [1.807, 2.05) is 35.7 Å². The number of carbonyl (C=O) groups excluding carboxylic acids is 1. The van der Waals surface area contributed by atoms with Gasteiger partial charge in [0.05, 0.1) is 17.5 Å². The topological polar surface area (TPSA) is 82.5 Å². The second-order valence-electron chi connectivity index (χ2n) is 7.54. The summed E-state index contributed by atoms with van der Waals surface area (Å²) in [6, 6.07) is 9.38. The fraction of sp³-hybridized carbons (Fsp3) is 0.450. The monoisotopic (exact) mass is 385 g/mol. The lowest BCUT2D eigenvalue weighted by molar-refractivity contribution is -0.149. The molecule has 1 aliphatic heterocycles. The Kier molecular flexibility index (Phi) is 4.97. The van der Waals surface area contributed by atoms with Crippen molar-refractivity contribution < 1.29 is 14.7 Å². The number of hydrogen-bond donors (Lipinski definition) is 2. The number of amides is 1. The SMILES string of the molecule is O=C(Cc1nc(CN2C[C@@H]3CCC[C@@]3(C(=O)O)C2)cs1)Nc1ccccc1. The summed E-state index contributed by atoms with van der Waals surface area (Å²) >= 11 is 1.48. The molecule has 0 radical (unpaired) electrons. The van der Waals surface area contributed by atoms with Gasteiger partial charge in [0.1, 0.15) is 5.01 Å². The van der Waals surface area contributed by atoms with Crippen LogP contribution in [-0.4, -0.2) is 40.0 Å². The van der Waals surface area contributed by atoms with Crippen molar-refractivity contribution in [3.63, 3.8) is 0 Å². The van der Waals surface area contributed by atoms with E-state index < -0.39 is 11.4 Å². The van der Waals surface area contributed by atoms with E-state index in [0.29, 0.717) is 13.1 Å². The number of carboxylic acids is 1. The first kappa shape index (κ1) is 18.1. The van der Waals surface area contributed by atoms with Gasteiger partial charge < -0.3 is 10.4 Å². The van der Waals surface area contributed by atoms with E-state index in [4.69, 9.17) is 0 Å². The second kappa shape index (κ2) is 7.40. The number of aliphatic carboxylic acids is 1. The number of para-hydroxylation sites is 1. The maximum atomic E-state index is 12.2. The van der Waals surface area contributed by atoms with Crippen LogP contribution in [0.4, 0.5) is 5.69 Å². The van der Waals surface area contributed by atoms with Crippen molar-refractivity contribution in [1.82, 2.24) is 9.88 Å². The summed E-state index contributed by atoms with van der Waals surface area (Å²) in [5.74, 6) is -0.476. The lowest BCUT2D eigenvalue weighted by atomic mass is 9.81. The Morgan fingerprint density at radius 2 is 2.15 bits per heavy atom. The molecule has 7 heteroatoms. The Labute approximate surface area is 162 Å². The number of nitrogens with one attached hydrogen (secondary N) is 1. The van der Waals surface area contributed by atoms with Crippen LogP contribution in [0.2, 0.25) is 0 Å². The van der Waals surface area contributed by atoms with Crippen LogP contribution in [0, 0.1) is 11.3 Å². The van der Waals surface area contributed by atoms with E-state index in [1.165, 1.54) is 11.3 Å². The Morgan fingerprint density at radius 3 is 2.89 bits per heavy atom. The summed E-state index contributed by atoms with van der Waals surface area (Å²) in [4.78, 5) is 30.8. The average Bonchev–Trinajstić information content (AvgIpc) is 3.31. The summed E-state index contributed by atoms with van der Waals surface area (Å²) in [6.45, 7) is 2.09. The van der Waals surface area contributed by atoms with Gasteiger partial charge in [0, 0.05) is 30.7 Å². The van der Waals surface area contributed by atoms with Gasteiger partial charge in [-0.05, 0) is 30.9 Å². The molecule has 0 unspecified atom stereocenters. The van der Waals surface area contributed by atoms with Crippen molar-refractivity contribution in [2.45, 2.75) is 32.2 Å². The Morgan fingerprint density at radius 1 is 1.33 bits per heavy atom. The molecule has 1 saturated carbocycles. The molecule has 6 nitrogen and oxygen atoms in total. The first-order valence-electron chi connectivity index (χ1n) is 9.29. The minimum atomic E-state index is -0.649. The first-order chi connectivity index (χ1) is 13.0. The first-order valence-corrected chi connectivity index (χ1v) is 10.2. The van der Waals surface area contributed by atoms with Gasteiger partial charge in [-0.2, -0.15) is 0 Å². The molecule has 27 heavy (non-hydrogen) atoms. The van der Waals surface area contributed by atoms with E-state index in [-0.39, 0.29) is 18.2 Å². The number of aromatic nitrogens is 1. The lowest BCUT2D eigenvalue weighted by Crippen LogP contribution is -2.35. The van der Waals surface area contributed by atoms with E-state index in [2.05, 4.69) is 15.2 Å². The molecule has 2 aliphatic rings. The Bertz CT molecular complexity index is 838. The molecule has 1 amide bonds. The van der Waals surface area contributed by atoms with Crippen LogP contribution >= 0.6 is 11.3 Å². The third-order valence-corrected chi connectivity index (χ3v) is 6.62. The van der Waals surface area contributed by atoms with Gasteiger partial charge in [-0.25, -0.2) is 4.98 Å². The molecule has 2 aromatic rings. The highest BCUT2D eigenvalue weighted by Crippen LogP contribution is 2.49. The molecule has 142 valence electrons. The smallest absolute Gasteiger partial charge is 0.311 e. The summed E-state index contributed by atoms with van der Waals surface area (Å²) < 4.78 is 0. The van der Waals surface area contributed by atoms with Crippen LogP contribution < -0.4 is 5.32 Å². The lowest BCUT2D eigenvalue weighted by Gasteiger charge is -2.23. The number of carboxylic acid groups (broad SMARTS) is 1. The fourth-order valence-corrected chi connectivity index (χ4v) is 5.24. The zero-order valence-corrected chi connectivity index (χ0v) is 15.9. The van der Waals surface area contributed by atoms with Crippen molar-refractivity contribution in [1.29, 1.82) is 0 Å². The standard InChI is InChI=1S/C20H23N3O3S/c24-17(21-15-6-2-1-3-7-15)9-18-22-16(12-27-18)11-23-10-14-5-4-8-20(14,13-23)19(25)26/h1-3,6-7,12,14H,4-5,8-11,13H2,(H,21,24)(H,25,26)/t14-,20+/m0/s1. The van der Waals surface area contributed by atoms with Gasteiger partial charge in [-0.3, -0.25) is 14.5 Å². The molecule has 1 aromatic heterocycles. The highest BCUT2D eigenvalue weighted by Gasteiger charge is 2.54. The van der Waals surface area contributed by atoms with Crippen molar-refractivity contribution in [3.05, 3.63) is 46.4 Å². The van der Waals surface area contributed by atoms with Crippen LogP contribution in [0.25, 0.3) is 0 Å². The second-order valence-corrected chi connectivity index (χ2v) is 8.49. The van der Waals surface area contributed by atoms with Crippen LogP contribution in [-0.2, 0) is 22.6 Å². The van der Waals surface area contributed by atoms with Gasteiger partial charge in [-0.15, -0.1) is 11.3 Å². The van der Waals surface area contributed by atoms with Gasteiger partial charge >= 0.3 is 5.97 Å². The predicted octanol–water partition coefficient (Wildman–Crippen LogP) is 3.01. The highest BCUT2D eigenvalue weighted by molar-refractivity contribution is 7.09. The maximum absolute atomic E-state index is 12.2. The Hall–Kier alpha value is -2.25. The fourth-order valence-electron chi connectivity index (χ4n) is 4.46. The van der Waals surface area contributed by atoms with Gasteiger partial charge in [0.2, 0.25) is 5.91 Å². The third kappa shape index (κ3) is 3.75. The number of rotatable bonds is 6. The van der Waals surface area contributed by atoms with Crippen molar-refractivity contribution in [2.24, 2.45) is 11.3 Å². The van der Waals surface area contributed by atoms with Crippen LogP contribution in [0.5, 0.6) is 0 Å². The van der Waals surface area contributed by atoms with Crippen molar-refractivity contribution >= 4 is 28.9 Å². The largest absolute Gasteiger partial charge is 0.481 e. The molecule has 2 heterocycles. The van der Waals surface area contributed by atoms with Crippen molar-refractivity contribution in [2.75, 3.05) is 18.4 Å². The van der Waals surface area contributed by atoms with E-state index in [0.717, 1.165) is 42.2 Å². The zero-order chi connectivity index (χ0) is 18.9. The summed E-state index contributed by atoms with van der Waals surface area (Å²) in [6.07, 6.45) is 3.06. The highest BCUT2D eigenvalue weighted by atomic mass is 32.1. The summed E-state index contributed by atoms with van der Waals surface area (Å²) in [5.41, 5.74) is 1.14. The minimum absolute atomic E-state index is 0.0809. The maximum Gasteiger partial charge on any atom is 0.311 e. The third-order valence-electron chi connectivity index (χ3n) is 5.72. The average molecular weight is 385 g/mol. The van der Waals surface area contributed by atoms with E-state index >= 15 is 0 Å². The molecule has 1 aliphatic carbocycles. The molecule has 4 rings (SSSR count). The minimum Gasteiger partial charge on any atom is -0.481 e. The number of anilines is 1. The number of benzene rings is 1. The summed E-state index contributed by atoms with van der Waals surface area (Å²) in [5, 5.41) is 15.3. The molecule has 0 spiro atoms. The van der Waals surface area contributed by atoms with E-state index in [9.17, 15) is 14.7 Å². The normalized spacial score (nSPS) is 24.7. The molecule has 1 aromatic carbocycles. The molecule has 0 bridgehead atoms. The van der Waals surface area contributed by atoms with Crippen LogP contribution in [0.1, 0.15) is 30.0 Å².